The fraction of sp³-hybridized carbons (Fsp3) is 0.375. The maximum atomic E-state index is 13.0. The van der Waals surface area contributed by atoms with Crippen molar-refractivity contribution in [2.45, 2.75) is 50.7 Å². The summed E-state index contributed by atoms with van der Waals surface area (Å²) in [6.45, 7) is 6.21. The number of hydrogen-bond donors (Lipinski definition) is 2. The number of carbonyl (C=O) groups is 1. The lowest BCUT2D eigenvalue weighted by molar-refractivity contribution is -0.120. The zero-order chi connectivity index (χ0) is 24.3. The lowest BCUT2D eigenvalue weighted by atomic mass is 9.89. The smallest absolute Gasteiger partial charge is 0.237 e. The number of hydrogen-bond acceptors (Lipinski definition) is 7. The number of sulfonamides is 1. The van der Waals surface area contributed by atoms with E-state index in [4.69, 9.17) is 4.74 Å². The molecule has 10 heteroatoms. The minimum Gasteiger partial charge on any atom is -0.492 e. The van der Waals surface area contributed by atoms with Crippen molar-refractivity contribution in [1.29, 1.82) is 0 Å². The van der Waals surface area contributed by atoms with Gasteiger partial charge in [-0.25, -0.2) is 13.4 Å². The summed E-state index contributed by atoms with van der Waals surface area (Å²) in [5, 5.41) is 4.60. The molecule has 1 amide bonds. The Kier molecular flexibility index (Phi) is 6.90. The van der Waals surface area contributed by atoms with Gasteiger partial charge in [0.2, 0.25) is 15.9 Å². The monoisotopic (exact) mass is 500 g/mol. The second kappa shape index (κ2) is 9.71. The molecule has 1 fully saturated rings. The second-order valence-electron chi connectivity index (χ2n) is 8.80. The van der Waals surface area contributed by atoms with Crippen LogP contribution >= 0.6 is 11.3 Å². The number of nitrogens with zero attached hydrogens (tertiary/aromatic N) is 2. The van der Waals surface area contributed by atoms with Crippen molar-refractivity contribution in [3.8, 4) is 16.9 Å². The molecule has 0 aliphatic heterocycles. The Morgan fingerprint density at radius 1 is 1.18 bits per heavy atom. The number of anilines is 2. The molecule has 0 unspecified atom stereocenters. The van der Waals surface area contributed by atoms with Crippen molar-refractivity contribution in [1.82, 2.24) is 9.97 Å². The van der Waals surface area contributed by atoms with Crippen LogP contribution < -0.4 is 14.8 Å². The van der Waals surface area contributed by atoms with Gasteiger partial charge in [0.1, 0.15) is 5.75 Å². The molecule has 1 aliphatic carbocycles. The Balaban J connectivity index is 1.42. The number of pyridine rings is 1. The molecule has 2 N–H and O–H groups in total. The predicted molar refractivity (Wildman–Crippen MR) is 135 cm³/mol. The lowest BCUT2D eigenvalue weighted by Gasteiger charge is -2.21. The fourth-order valence-corrected chi connectivity index (χ4v) is 5.69. The van der Waals surface area contributed by atoms with Crippen LogP contribution in [-0.2, 0) is 20.2 Å². The number of amides is 1. The molecule has 0 bridgehead atoms. The minimum absolute atomic E-state index is 0.237. The van der Waals surface area contributed by atoms with Gasteiger partial charge in [-0.05, 0) is 56.9 Å². The van der Waals surface area contributed by atoms with Crippen LogP contribution in [0.15, 0.2) is 48.1 Å². The number of benzene rings is 1. The van der Waals surface area contributed by atoms with Gasteiger partial charge in [0.15, 0.2) is 5.13 Å². The maximum absolute atomic E-state index is 13.0. The first-order valence-corrected chi connectivity index (χ1v) is 13.6. The molecular weight excluding hydrogens is 472 g/mol. The summed E-state index contributed by atoms with van der Waals surface area (Å²) in [7, 11) is -3.39. The first kappa shape index (κ1) is 24.2. The summed E-state index contributed by atoms with van der Waals surface area (Å²) in [6, 6.07) is 9.43. The third-order valence-electron chi connectivity index (χ3n) is 5.57. The van der Waals surface area contributed by atoms with Crippen LogP contribution in [0, 0.1) is 0 Å². The molecule has 0 radical (unpaired) electrons. The van der Waals surface area contributed by atoms with E-state index < -0.39 is 15.4 Å². The highest BCUT2D eigenvalue weighted by Gasteiger charge is 2.37. The van der Waals surface area contributed by atoms with Crippen LogP contribution in [-0.4, -0.2) is 36.1 Å². The molecule has 2 aromatic heterocycles. The molecule has 34 heavy (non-hydrogen) atoms. The third kappa shape index (κ3) is 5.56. The van der Waals surface area contributed by atoms with Gasteiger partial charge >= 0.3 is 0 Å². The van der Waals surface area contributed by atoms with E-state index in [-0.39, 0.29) is 16.3 Å². The highest BCUT2D eigenvalue weighted by atomic mass is 32.2. The van der Waals surface area contributed by atoms with Gasteiger partial charge in [-0.1, -0.05) is 19.1 Å². The Morgan fingerprint density at radius 3 is 2.59 bits per heavy atom. The van der Waals surface area contributed by atoms with Crippen molar-refractivity contribution in [2.24, 2.45) is 0 Å². The summed E-state index contributed by atoms with van der Waals surface area (Å²) in [5.74, 6) is 0.485. The maximum Gasteiger partial charge on any atom is 0.237 e. The van der Waals surface area contributed by atoms with Gasteiger partial charge in [-0.2, -0.15) is 0 Å². The number of aromatic nitrogens is 2. The molecule has 3 aromatic rings. The van der Waals surface area contributed by atoms with Crippen molar-refractivity contribution < 1.29 is 17.9 Å². The van der Waals surface area contributed by atoms with E-state index in [9.17, 15) is 13.2 Å². The number of thiazole rings is 1. The Labute approximate surface area is 203 Å². The van der Waals surface area contributed by atoms with Crippen LogP contribution in [0.25, 0.3) is 11.1 Å². The van der Waals surface area contributed by atoms with E-state index in [0.717, 1.165) is 23.3 Å². The van der Waals surface area contributed by atoms with Crippen molar-refractivity contribution >= 4 is 38.1 Å². The topological polar surface area (TPSA) is 110 Å². The molecular formula is C24H28N4O4S2. The number of ether oxygens (including phenoxy) is 1. The summed E-state index contributed by atoms with van der Waals surface area (Å²) in [4.78, 5) is 21.7. The van der Waals surface area contributed by atoms with E-state index in [0.29, 0.717) is 30.8 Å². The molecule has 1 aromatic carbocycles. The van der Waals surface area contributed by atoms with Gasteiger partial charge in [0.05, 0.1) is 29.2 Å². The Bertz CT molecular complexity index is 1270. The molecule has 1 aliphatic rings. The zero-order valence-electron chi connectivity index (χ0n) is 19.4. The average Bonchev–Trinajstić information content (AvgIpc) is 3.58. The van der Waals surface area contributed by atoms with E-state index in [2.05, 4.69) is 26.9 Å². The molecule has 4 rings (SSSR count). The van der Waals surface area contributed by atoms with E-state index in [1.165, 1.54) is 11.3 Å². The molecule has 2 heterocycles. The standard InChI is InChI=1S/C24H28N4O4S2/c1-4-11-32-19-12-17(13-25-14-19)16-5-7-18(8-6-16)26-22(29)24(2,3)21-15-33-23(27-21)28-34(30,31)20-9-10-20/h5-8,12-15,20H,4,9-11H2,1-3H3,(H,26,29)(H,27,28). The largest absolute Gasteiger partial charge is 0.492 e. The molecule has 0 spiro atoms. The highest BCUT2D eigenvalue weighted by Crippen LogP contribution is 2.33. The van der Waals surface area contributed by atoms with Crippen LogP contribution in [0.1, 0.15) is 45.7 Å². The molecule has 1 saturated carbocycles. The van der Waals surface area contributed by atoms with Gasteiger partial charge in [0, 0.05) is 22.8 Å². The normalized spacial score (nSPS) is 14.0. The number of nitrogens with one attached hydrogen (secondary N) is 2. The zero-order valence-corrected chi connectivity index (χ0v) is 21.0. The SMILES string of the molecule is CCCOc1cncc(-c2ccc(NC(=O)C(C)(C)c3csc(NS(=O)(=O)C4CC4)n3)cc2)c1. The summed E-state index contributed by atoms with van der Waals surface area (Å²) >= 11 is 1.18. The van der Waals surface area contributed by atoms with Crippen LogP contribution in [0.5, 0.6) is 5.75 Å². The summed E-state index contributed by atoms with van der Waals surface area (Å²) in [6.07, 6.45) is 5.74. The van der Waals surface area contributed by atoms with Crippen LogP contribution in [0.4, 0.5) is 10.8 Å². The van der Waals surface area contributed by atoms with Crippen LogP contribution in [0.2, 0.25) is 0 Å². The molecule has 0 saturated heterocycles. The Morgan fingerprint density at radius 2 is 1.91 bits per heavy atom. The van der Waals surface area contributed by atoms with Gasteiger partial charge in [-0.15, -0.1) is 11.3 Å². The minimum atomic E-state index is -3.39. The molecule has 180 valence electrons. The van der Waals surface area contributed by atoms with Gasteiger partial charge in [0.25, 0.3) is 0 Å². The lowest BCUT2D eigenvalue weighted by Crippen LogP contribution is -2.35. The first-order valence-electron chi connectivity index (χ1n) is 11.2. The third-order valence-corrected chi connectivity index (χ3v) is 8.28. The highest BCUT2D eigenvalue weighted by molar-refractivity contribution is 7.93. The summed E-state index contributed by atoms with van der Waals surface area (Å²) < 4.78 is 32.5. The van der Waals surface area contributed by atoms with E-state index >= 15 is 0 Å². The average molecular weight is 501 g/mol. The second-order valence-corrected chi connectivity index (χ2v) is 11.6. The van der Waals surface area contributed by atoms with Gasteiger partial charge < -0.3 is 10.1 Å². The fourth-order valence-electron chi connectivity index (χ4n) is 3.22. The van der Waals surface area contributed by atoms with Crippen molar-refractivity contribution in [3.63, 3.8) is 0 Å². The van der Waals surface area contributed by atoms with E-state index in [1.807, 2.05) is 30.3 Å². The van der Waals surface area contributed by atoms with Crippen LogP contribution in [0.3, 0.4) is 0 Å². The number of carbonyl (C=O) groups excluding carboxylic acids is 1. The summed E-state index contributed by atoms with van der Waals surface area (Å²) in [5.41, 5.74) is 2.09. The van der Waals surface area contributed by atoms with Gasteiger partial charge in [-0.3, -0.25) is 14.5 Å². The van der Waals surface area contributed by atoms with Crippen molar-refractivity contribution in [3.05, 3.63) is 53.8 Å². The number of rotatable bonds is 10. The first-order chi connectivity index (χ1) is 16.2. The molecule has 8 nitrogen and oxygen atoms in total. The van der Waals surface area contributed by atoms with Crippen molar-refractivity contribution in [2.75, 3.05) is 16.6 Å². The quantitative estimate of drug-likeness (QED) is 0.413. The Hall–Kier alpha value is -2.98. The predicted octanol–water partition coefficient (Wildman–Crippen LogP) is 4.81. The van der Waals surface area contributed by atoms with E-state index in [1.54, 1.807) is 31.6 Å². The molecule has 0 atom stereocenters.